The molecule has 0 radical (unpaired) electrons. The summed E-state index contributed by atoms with van der Waals surface area (Å²) in [5.41, 5.74) is 1.43. The predicted octanol–water partition coefficient (Wildman–Crippen LogP) is 1.34. The van der Waals surface area contributed by atoms with Crippen molar-refractivity contribution in [2.45, 2.75) is 32.7 Å². The molecule has 5 nitrogen and oxygen atoms in total. The first-order valence-electron chi connectivity index (χ1n) is 5.58. The Morgan fingerprint density at radius 1 is 1.65 bits per heavy atom. The van der Waals surface area contributed by atoms with Crippen LogP contribution in [0.25, 0.3) is 0 Å². The van der Waals surface area contributed by atoms with Crippen molar-refractivity contribution in [1.82, 2.24) is 9.69 Å². The van der Waals surface area contributed by atoms with Gasteiger partial charge in [0.2, 0.25) is 5.91 Å². The third-order valence-electron chi connectivity index (χ3n) is 2.81. The van der Waals surface area contributed by atoms with Crippen molar-refractivity contribution >= 4 is 28.2 Å². The van der Waals surface area contributed by atoms with Crippen LogP contribution in [-0.2, 0) is 4.79 Å². The molecule has 2 N–H and O–H groups in total. The van der Waals surface area contributed by atoms with Gasteiger partial charge in [-0.15, -0.1) is 0 Å². The van der Waals surface area contributed by atoms with E-state index in [9.17, 15) is 9.59 Å². The fourth-order valence-corrected chi connectivity index (χ4v) is 2.80. The summed E-state index contributed by atoms with van der Waals surface area (Å²) in [5.74, 6) is 0.123. The molecular formula is C11H15N3O2S. The number of Topliss-reactive ketones (excluding diaryl/α,β-unsaturated/α-hetero) is 1. The summed E-state index contributed by atoms with van der Waals surface area (Å²) in [6.45, 7) is 4.02. The van der Waals surface area contributed by atoms with Crippen molar-refractivity contribution in [3.05, 3.63) is 11.3 Å². The lowest BCUT2D eigenvalue weighted by atomic mass is 10.2. The van der Waals surface area contributed by atoms with Crippen LogP contribution >= 0.6 is 11.5 Å². The minimum absolute atomic E-state index is 0.0224. The fraction of sp³-hybridized carbons (Fsp3) is 0.545. The Labute approximate surface area is 104 Å². The van der Waals surface area contributed by atoms with Crippen LogP contribution in [0.5, 0.6) is 0 Å². The Hall–Kier alpha value is -1.43. The number of anilines is 1. The Kier molecular flexibility index (Phi) is 3.42. The topological polar surface area (TPSA) is 71.1 Å². The van der Waals surface area contributed by atoms with Crippen molar-refractivity contribution < 1.29 is 9.59 Å². The van der Waals surface area contributed by atoms with E-state index in [1.165, 1.54) is 11.5 Å². The first-order valence-corrected chi connectivity index (χ1v) is 6.35. The van der Waals surface area contributed by atoms with Gasteiger partial charge in [0.25, 0.3) is 0 Å². The summed E-state index contributed by atoms with van der Waals surface area (Å²) in [4.78, 5) is 22.5. The van der Waals surface area contributed by atoms with Gasteiger partial charge in [0.1, 0.15) is 5.00 Å². The highest BCUT2D eigenvalue weighted by molar-refractivity contribution is 7.10. The van der Waals surface area contributed by atoms with Crippen molar-refractivity contribution in [2.75, 3.05) is 11.9 Å². The lowest BCUT2D eigenvalue weighted by molar-refractivity contribution is -0.119. The van der Waals surface area contributed by atoms with Gasteiger partial charge in [0, 0.05) is 19.0 Å². The molecule has 6 heteroatoms. The average Bonchev–Trinajstić information content (AvgIpc) is 2.82. The molecule has 0 spiro atoms. The number of aryl methyl sites for hydroxylation is 1. The molecule has 1 aromatic rings. The Bertz CT molecular complexity index is 456. The van der Waals surface area contributed by atoms with Gasteiger partial charge in [0.15, 0.2) is 5.78 Å². The highest BCUT2D eigenvalue weighted by Crippen LogP contribution is 2.25. The molecule has 2 rings (SSSR count). The van der Waals surface area contributed by atoms with E-state index in [1.807, 2.05) is 6.92 Å². The van der Waals surface area contributed by atoms with Gasteiger partial charge in [-0.25, -0.2) is 0 Å². The number of hydrogen-bond acceptors (Lipinski definition) is 5. The molecule has 1 aromatic heterocycles. The molecule has 0 aliphatic carbocycles. The Morgan fingerprint density at radius 2 is 2.41 bits per heavy atom. The van der Waals surface area contributed by atoms with Crippen LogP contribution in [-0.4, -0.2) is 28.7 Å². The summed E-state index contributed by atoms with van der Waals surface area (Å²) in [6.07, 6.45) is 1.44. The molecule has 1 fully saturated rings. The maximum absolute atomic E-state index is 11.5. The number of nitrogens with one attached hydrogen (secondary N) is 2. The third kappa shape index (κ3) is 2.63. The van der Waals surface area contributed by atoms with Crippen LogP contribution in [0.1, 0.15) is 35.8 Å². The second-order valence-electron chi connectivity index (χ2n) is 4.21. The molecule has 17 heavy (non-hydrogen) atoms. The molecule has 1 aliphatic heterocycles. The number of nitrogens with zero attached hydrogens (tertiary/aromatic N) is 1. The predicted molar refractivity (Wildman–Crippen MR) is 66.5 cm³/mol. The largest absolute Gasteiger partial charge is 0.373 e. The van der Waals surface area contributed by atoms with Gasteiger partial charge in [-0.2, -0.15) is 4.37 Å². The van der Waals surface area contributed by atoms with Crippen LogP contribution in [0.4, 0.5) is 5.00 Å². The summed E-state index contributed by atoms with van der Waals surface area (Å²) in [7, 11) is 0. The zero-order valence-corrected chi connectivity index (χ0v) is 10.7. The first-order chi connectivity index (χ1) is 8.08. The molecule has 1 saturated heterocycles. The maximum atomic E-state index is 11.5. The van der Waals surface area contributed by atoms with E-state index in [2.05, 4.69) is 15.0 Å². The molecule has 1 aliphatic rings. The van der Waals surface area contributed by atoms with Gasteiger partial charge in [0.05, 0.1) is 11.3 Å². The normalized spacial score (nSPS) is 19.2. The van der Waals surface area contributed by atoms with Crippen molar-refractivity contribution in [2.24, 2.45) is 0 Å². The fourth-order valence-electron chi connectivity index (χ4n) is 1.95. The molecule has 92 valence electrons. The van der Waals surface area contributed by atoms with E-state index in [0.29, 0.717) is 18.5 Å². The maximum Gasteiger partial charge on any atom is 0.220 e. The summed E-state index contributed by atoms with van der Waals surface area (Å²) in [5, 5.41) is 6.88. The van der Waals surface area contributed by atoms with Crippen LogP contribution < -0.4 is 10.6 Å². The number of hydrogen-bond donors (Lipinski definition) is 2. The third-order valence-corrected chi connectivity index (χ3v) is 3.70. The second kappa shape index (κ2) is 4.83. The van der Waals surface area contributed by atoms with E-state index in [1.54, 1.807) is 6.92 Å². The van der Waals surface area contributed by atoms with E-state index in [0.717, 1.165) is 17.1 Å². The Morgan fingerprint density at radius 3 is 3.00 bits per heavy atom. The molecule has 1 atom stereocenters. The molecule has 2 heterocycles. The monoisotopic (exact) mass is 253 g/mol. The van der Waals surface area contributed by atoms with Crippen molar-refractivity contribution in [3.63, 3.8) is 0 Å². The summed E-state index contributed by atoms with van der Waals surface area (Å²) < 4.78 is 4.17. The summed E-state index contributed by atoms with van der Waals surface area (Å²) >= 11 is 1.29. The van der Waals surface area contributed by atoms with Crippen LogP contribution in [0, 0.1) is 6.92 Å². The number of carbonyl (C=O) groups is 2. The summed E-state index contributed by atoms with van der Waals surface area (Å²) in [6, 6.07) is 0.157. The van der Waals surface area contributed by atoms with Gasteiger partial charge in [-0.05, 0) is 31.8 Å². The molecule has 1 unspecified atom stereocenters. The van der Waals surface area contributed by atoms with Gasteiger partial charge >= 0.3 is 0 Å². The highest BCUT2D eigenvalue weighted by Gasteiger charge is 2.21. The quantitative estimate of drug-likeness (QED) is 0.794. The van der Waals surface area contributed by atoms with Gasteiger partial charge in [-0.1, -0.05) is 0 Å². The number of amides is 1. The standard InChI is InChI=1S/C11H15N3O2S/c1-6-10(7(2)15)11(17-14-6)12-5-8-3-4-9(16)13-8/h8,12H,3-5H2,1-2H3,(H,13,16). The molecule has 0 bridgehead atoms. The lowest BCUT2D eigenvalue weighted by Gasteiger charge is -2.11. The minimum atomic E-state index is 0.0224. The van der Waals surface area contributed by atoms with Gasteiger partial charge < -0.3 is 10.6 Å². The van der Waals surface area contributed by atoms with Crippen molar-refractivity contribution in [1.29, 1.82) is 0 Å². The molecule has 1 amide bonds. The van der Waals surface area contributed by atoms with E-state index in [-0.39, 0.29) is 17.7 Å². The highest BCUT2D eigenvalue weighted by atomic mass is 32.1. The van der Waals surface area contributed by atoms with E-state index >= 15 is 0 Å². The Balaban J connectivity index is 1.99. The van der Waals surface area contributed by atoms with Crippen molar-refractivity contribution in [3.8, 4) is 0 Å². The number of ketones is 1. The number of rotatable bonds is 4. The van der Waals surface area contributed by atoms with E-state index < -0.39 is 0 Å². The zero-order chi connectivity index (χ0) is 12.4. The van der Waals surface area contributed by atoms with Crippen LogP contribution in [0.15, 0.2) is 0 Å². The molecule has 0 aromatic carbocycles. The van der Waals surface area contributed by atoms with Crippen LogP contribution in [0.2, 0.25) is 0 Å². The second-order valence-corrected chi connectivity index (χ2v) is 4.99. The minimum Gasteiger partial charge on any atom is -0.373 e. The number of carbonyl (C=O) groups excluding carboxylic acids is 2. The van der Waals surface area contributed by atoms with Crippen LogP contribution in [0.3, 0.4) is 0 Å². The SMILES string of the molecule is CC(=O)c1c(C)nsc1NCC1CCC(=O)N1. The smallest absolute Gasteiger partial charge is 0.220 e. The van der Waals surface area contributed by atoms with Gasteiger partial charge in [-0.3, -0.25) is 9.59 Å². The van der Waals surface area contributed by atoms with E-state index in [4.69, 9.17) is 0 Å². The number of aromatic nitrogens is 1. The lowest BCUT2D eigenvalue weighted by Crippen LogP contribution is -2.31. The molecular weight excluding hydrogens is 238 g/mol. The average molecular weight is 253 g/mol. The first kappa shape index (κ1) is 12.0. The molecule has 0 saturated carbocycles. The zero-order valence-electron chi connectivity index (χ0n) is 9.87.